The Morgan fingerprint density at radius 2 is 1.70 bits per heavy atom. The van der Waals surface area contributed by atoms with Gasteiger partial charge in [-0.05, 0) is 36.4 Å². The lowest BCUT2D eigenvalue weighted by Gasteiger charge is -2.08. The summed E-state index contributed by atoms with van der Waals surface area (Å²) in [6.45, 7) is 0. The monoisotopic (exact) mass is 380 g/mol. The van der Waals surface area contributed by atoms with Gasteiger partial charge in [0.1, 0.15) is 5.75 Å². The summed E-state index contributed by atoms with van der Waals surface area (Å²) < 4.78 is 14.8. The molecule has 4 aromatic rings. The predicted octanol–water partition coefficient (Wildman–Crippen LogP) is 4.02. The van der Waals surface area contributed by atoms with E-state index < -0.39 is 0 Å². The maximum Gasteiger partial charge on any atom is 0.323 e. The van der Waals surface area contributed by atoms with E-state index in [-0.39, 0.29) is 6.03 Å². The minimum Gasteiger partial charge on any atom is -0.430 e. The SMILES string of the molecule is O=C(Nc1ccncc1)Nc1ccc(Oc2nc(-c3ccno3)ns2)cc1. The quantitative estimate of drug-likeness (QED) is 0.537. The summed E-state index contributed by atoms with van der Waals surface area (Å²) >= 11 is 1.10. The number of carbonyl (C=O) groups excluding carboxylic acids is 1. The maximum absolute atomic E-state index is 12.0. The number of hydrogen-bond acceptors (Lipinski definition) is 8. The van der Waals surface area contributed by atoms with Crippen molar-refractivity contribution in [1.29, 1.82) is 0 Å². The van der Waals surface area contributed by atoms with Crippen LogP contribution in [0.1, 0.15) is 0 Å². The summed E-state index contributed by atoms with van der Waals surface area (Å²) in [6, 6.07) is 11.6. The highest BCUT2D eigenvalue weighted by Crippen LogP contribution is 2.27. The standard InChI is InChI=1S/C17H12N6O3S/c24-16(21-12-5-8-18-9-6-12)20-11-1-3-13(4-2-11)25-17-22-15(23-27-17)14-7-10-19-26-14/h1-10H,(H2,18,20,21,24). The number of nitrogens with zero attached hydrogens (tertiary/aromatic N) is 4. The Kier molecular flexibility index (Phi) is 4.70. The van der Waals surface area contributed by atoms with E-state index in [1.807, 2.05) is 0 Å². The Morgan fingerprint density at radius 3 is 2.41 bits per heavy atom. The molecule has 0 atom stereocenters. The van der Waals surface area contributed by atoms with Crippen LogP contribution in [-0.2, 0) is 0 Å². The van der Waals surface area contributed by atoms with Crippen LogP contribution < -0.4 is 15.4 Å². The molecule has 0 aliphatic rings. The highest BCUT2D eigenvalue weighted by Gasteiger charge is 2.11. The van der Waals surface area contributed by atoms with Gasteiger partial charge in [0.2, 0.25) is 11.6 Å². The summed E-state index contributed by atoms with van der Waals surface area (Å²) in [5.41, 5.74) is 1.27. The van der Waals surface area contributed by atoms with E-state index in [0.717, 1.165) is 11.5 Å². The lowest BCUT2D eigenvalue weighted by Crippen LogP contribution is -2.19. The molecule has 0 aliphatic heterocycles. The smallest absolute Gasteiger partial charge is 0.323 e. The fourth-order valence-electron chi connectivity index (χ4n) is 2.12. The lowest BCUT2D eigenvalue weighted by atomic mass is 10.3. The van der Waals surface area contributed by atoms with Crippen LogP contribution in [0.25, 0.3) is 11.6 Å². The van der Waals surface area contributed by atoms with Crippen LogP contribution in [0, 0.1) is 0 Å². The molecule has 3 aromatic heterocycles. The van der Waals surface area contributed by atoms with Gasteiger partial charge in [-0.2, -0.15) is 9.36 Å². The van der Waals surface area contributed by atoms with Crippen molar-refractivity contribution in [3.05, 3.63) is 61.1 Å². The first-order chi connectivity index (χ1) is 13.3. The van der Waals surface area contributed by atoms with Crippen molar-refractivity contribution in [3.8, 4) is 22.5 Å². The molecule has 0 radical (unpaired) electrons. The fourth-order valence-corrected chi connectivity index (χ4v) is 2.67. The summed E-state index contributed by atoms with van der Waals surface area (Å²) in [7, 11) is 0. The van der Waals surface area contributed by atoms with Gasteiger partial charge in [-0.3, -0.25) is 4.98 Å². The van der Waals surface area contributed by atoms with Crippen LogP contribution in [-0.4, -0.2) is 25.5 Å². The van der Waals surface area contributed by atoms with Crippen LogP contribution in [0.5, 0.6) is 10.9 Å². The second-order valence-electron chi connectivity index (χ2n) is 5.20. The van der Waals surface area contributed by atoms with E-state index >= 15 is 0 Å². The van der Waals surface area contributed by atoms with E-state index in [4.69, 9.17) is 9.26 Å². The summed E-state index contributed by atoms with van der Waals surface area (Å²) in [5, 5.41) is 9.43. The summed E-state index contributed by atoms with van der Waals surface area (Å²) in [4.78, 5) is 20.1. The highest BCUT2D eigenvalue weighted by molar-refractivity contribution is 7.07. The number of anilines is 2. The zero-order valence-corrected chi connectivity index (χ0v) is 14.5. The summed E-state index contributed by atoms with van der Waals surface area (Å²) in [5.74, 6) is 1.45. The molecule has 0 unspecified atom stereocenters. The van der Waals surface area contributed by atoms with Crippen LogP contribution >= 0.6 is 11.5 Å². The number of hydrogen-bond donors (Lipinski definition) is 2. The average Bonchev–Trinajstić information content (AvgIpc) is 3.36. The molecule has 10 heteroatoms. The van der Waals surface area contributed by atoms with Crippen molar-refractivity contribution < 1.29 is 14.1 Å². The molecule has 134 valence electrons. The molecule has 0 aliphatic carbocycles. The number of benzene rings is 1. The number of carbonyl (C=O) groups is 1. The minimum absolute atomic E-state index is 0.351. The molecule has 0 fully saturated rings. The molecule has 2 N–H and O–H groups in total. The van der Waals surface area contributed by atoms with E-state index in [2.05, 4.69) is 30.1 Å². The number of nitrogens with one attached hydrogen (secondary N) is 2. The molecular formula is C17H12N6O3S. The number of amides is 2. The molecule has 27 heavy (non-hydrogen) atoms. The predicted molar refractivity (Wildman–Crippen MR) is 98.8 cm³/mol. The second-order valence-corrected chi connectivity index (χ2v) is 5.92. The van der Waals surface area contributed by atoms with Crippen molar-refractivity contribution in [2.75, 3.05) is 10.6 Å². The van der Waals surface area contributed by atoms with E-state index in [1.54, 1.807) is 54.9 Å². The van der Waals surface area contributed by atoms with Gasteiger partial charge in [0.25, 0.3) is 5.19 Å². The maximum atomic E-state index is 12.0. The van der Waals surface area contributed by atoms with Gasteiger partial charge in [0.05, 0.1) is 6.20 Å². The van der Waals surface area contributed by atoms with Crippen molar-refractivity contribution in [3.63, 3.8) is 0 Å². The molecule has 0 spiro atoms. The van der Waals surface area contributed by atoms with Gasteiger partial charge in [-0.15, -0.1) is 0 Å². The van der Waals surface area contributed by atoms with Crippen molar-refractivity contribution >= 4 is 28.9 Å². The number of aromatic nitrogens is 4. The van der Waals surface area contributed by atoms with Crippen LogP contribution in [0.3, 0.4) is 0 Å². The Morgan fingerprint density at radius 1 is 0.963 bits per heavy atom. The molecule has 3 heterocycles. The zero-order valence-electron chi connectivity index (χ0n) is 13.7. The molecule has 2 amide bonds. The fraction of sp³-hybridized carbons (Fsp3) is 0. The van der Waals surface area contributed by atoms with Gasteiger partial charge in [0.15, 0.2) is 0 Å². The molecule has 0 saturated carbocycles. The minimum atomic E-state index is -0.351. The van der Waals surface area contributed by atoms with Crippen molar-refractivity contribution in [2.45, 2.75) is 0 Å². The second kappa shape index (κ2) is 7.62. The van der Waals surface area contributed by atoms with E-state index in [9.17, 15) is 4.79 Å². The summed E-state index contributed by atoms with van der Waals surface area (Å²) in [6.07, 6.45) is 4.72. The normalized spacial score (nSPS) is 10.4. The Hall–Kier alpha value is -3.79. The number of pyridine rings is 1. The molecule has 4 rings (SSSR count). The first-order valence-electron chi connectivity index (χ1n) is 7.77. The lowest BCUT2D eigenvalue weighted by molar-refractivity contribution is 0.262. The zero-order chi connectivity index (χ0) is 18.5. The van der Waals surface area contributed by atoms with Crippen LogP contribution in [0.4, 0.5) is 16.2 Å². The average molecular weight is 380 g/mol. The van der Waals surface area contributed by atoms with Crippen LogP contribution in [0.15, 0.2) is 65.6 Å². The first kappa shape index (κ1) is 16.7. The third-order valence-corrected chi connectivity index (χ3v) is 3.92. The third kappa shape index (κ3) is 4.25. The molecular weight excluding hydrogens is 368 g/mol. The van der Waals surface area contributed by atoms with Crippen molar-refractivity contribution in [1.82, 2.24) is 19.5 Å². The largest absolute Gasteiger partial charge is 0.430 e. The Balaban J connectivity index is 1.35. The van der Waals surface area contributed by atoms with E-state index in [1.165, 1.54) is 6.20 Å². The number of ether oxygens (including phenoxy) is 1. The van der Waals surface area contributed by atoms with Crippen molar-refractivity contribution in [2.24, 2.45) is 0 Å². The Bertz CT molecular complexity index is 1020. The van der Waals surface area contributed by atoms with Gasteiger partial charge in [0, 0.05) is 41.4 Å². The number of urea groups is 1. The van der Waals surface area contributed by atoms with Gasteiger partial charge >= 0.3 is 6.03 Å². The van der Waals surface area contributed by atoms with Gasteiger partial charge < -0.3 is 19.9 Å². The topological polar surface area (TPSA) is 115 Å². The highest BCUT2D eigenvalue weighted by atomic mass is 32.1. The number of rotatable bonds is 5. The molecule has 9 nitrogen and oxygen atoms in total. The molecule has 1 aromatic carbocycles. The third-order valence-electron chi connectivity index (χ3n) is 3.32. The van der Waals surface area contributed by atoms with E-state index in [0.29, 0.717) is 33.9 Å². The van der Waals surface area contributed by atoms with Crippen LogP contribution in [0.2, 0.25) is 0 Å². The first-order valence-corrected chi connectivity index (χ1v) is 8.54. The van der Waals surface area contributed by atoms with Gasteiger partial charge in [-0.25, -0.2) is 4.79 Å². The molecule has 0 bridgehead atoms. The molecule has 0 saturated heterocycles. The Labute approximate surface area is 157 Å². The van der Waals surface area contributed by atoms with Gasteiger partial charge in [-0.1, -0.05) is 5.16 Å².